The Bertz CT molecular complexity index is 603. The molecule has 0 saturated heterocycles. The first-order valence-corrected chi connectivity index (χ1v) is 7.26. The Labute approximate surface area is 138 Å². The molecule has 0 amide bonds. The summed E-state index contributed by atoms with van der Waals surface area (Å²) in [6.07, 6.45) is 2.16. The molecule has 8 nitrogen and oxygen atoms in total. The summed E-state index contributed by atoms with van der Waals surface area (Å²) < 4.78 is 10.8. The zero-order valence-electron chi connectivity index (χ0n) is 12.5. The number of halogens is 1. The number of ether oxygens (including phenoxy) is 2. The van der Waals surface area contributed by atoms with E-state index < -0.39 is 6.23 Å². The van der Waals surface area contributed by atoms with Crippen molar-refractivity contribution in [2.45, 2.75) is 12.8 Å². The fraction of sp³-hybridized carbons (Fsp3) is 0.357. The van der Waals surface area contributed by atoms with Gasteiger partial charge in [-0.05, 0) is 23.7 Å². The van der Waals surface area contributed by atoms with E-state index in [0.29, 0.717) is 36.0 Å². The molecular weight excluding hydrogens is 322 g/mol. The second-order valence-corrected chi connectivity index (χ2v) is 4.88. The molecule has 1 atom stereocenters. The summed E-state index contributed by atoms with van der Waals surface area (Å²) in [5.41, 5.74) is 1.60. The number of nitrogens with one attached hydrogen (secondary N) is 3. The second kappa shape index (κ2) is 8.47. The number of rotatable bonds is 8. The standard InChI is InChI=1S/C14H18ClN5O3/c1-22-13-12(11(6-16)19-14(15)20-13)17-4-5-23-10-3-2-9(8-21)18-7-10/h2-3,6-7,13,16-17,21H,4-5,8H2,1H3,(H,19,20). The number of aliphatic hydroxyl groups is 1. The predicted molar refractivity (Wildman–Crippen MR) is 86.7 cm³/mol. The number of allylic oxidation sites excluding steroid dienone is 1. The van der Waals surface area contributed by atoms with Gasteiger partial charge in [0.1, 0.15) is 18.1 Å². The third kappa shape index (κ3) is 4.65. The average Bonchev–Trinajstić information content (AvgIpc) is 2.59. The van der Waals surface area contributed by atoms with Gasteiger partial charge in [-0.25, -0.2) is 4.99 Å². The van der Waals surface area contributed by atoms with Gasteiger partial charge >= 0.3 is 0 Å². The summed E-state index contributed by atoms with van der Waals surface area (Å²) in [5, 5.41) is 22.5. The van der Waals surface area contributed by atoms with Crippen LogP contribution in [0.15, 0.2) is 34.7 Å². The van der Waals surface area contributed by atoms with Crippen LogP contribution in [0, 0.1) is 5.41 Å². The molecule has 0 radical (unpaired) electrons. The van der Waals surface area contributed by atoms with Crippen molar-refractivity contribution in [3.8, 4) is 5.75 Å². The van der Waals surface area contributed by atoms with Crippen LogP contribution in [-0.4, -0.2) is 48.1 Å². The highest BCUT2D eigenvalue weighted by Gasteiger charge is 2.22. The third-order valence-electron chi connectivity index (χ3n) is 3.03. The molecule has 2 heterocycles. The van der Waals surface area contributed by atoms with Gasteiger partial charge in [0.05, 0.1) is 24.2 Å². The molecule has 9 heteroatoms. The lowest BCUT2D eigenvalue weighted by molar-refractivity contribution is 0.112. The minimum Gasteiger partial charge on any atom is -0.490 e. The zero-order chi connectivity index (χ0) is 16.7. The Morgan fingerprint density at radius 2 is 2.35 bits per heavy atom. The zero-order valence-corrected chi connectivity index (χ0v) is 13.3. The number of pyridine rings is 1. The van der Waals surface area contributed by atoms with E-state index in [4.69, 9.17) is 31.6 Å². The molecule has 0 fully saturated rings. The molecule has 4 N–H and O–H groups in total. The summed E-state index contributed by atoms with van der Waals surface area (Å²) in [7, 11) is 1.53. The first-order chi connectivity index (χ1) is 11.2. The molecule has 0 spiro atoms. The molecule has 0 aliphatic carbocycles. The van der Waals surface area contributed by atoms with E-state index in [-0.39, 0.29) is 11.9 Å². The number of nitrogens with zero attached hydrogens (tertiary/aromatic N) is 2. The minimum atomic E-state index is -0.498. The van der Waals surface area contributed by atoms with E-state index in [9.17, 15) is 0 Å². The molecule has 1 unspecified atom stereocenters. The number of aliphatic hydroxyl groups excluding tert-OH is 1. The van der Waals surface area contributed by atoms with Crippen LogP contribution in [0.4, 0.5) is 0 Å². The Hall–Kier alpha value is -2.16. The van der Waals surface area contributed by atoms with E-state index >= 15 is 0 Å². The maximum atomic E-state index is 8.93. The molecule has 1 aliphatic heterocycles. The monoisotopic (exact) mass is 339 g/mol. The van der Waals surface area contributed by atoms with Crippen molar-refractivity contribution in [2.24, 2.45) is 4.99 Å². The number of aliphatic imine (C=N–C) groups is 1. The van der Waals surface area contributed by atoms with Crippen LogP contribution in [0.3, 0.4) is 0 Å². The van der Waals surface area contributed by atoms with Gasteiger partial charge in [-0.3, -0.25) is 4.98 Å². The molecule has 0 bridgehead atoms. The topological polar surface area (TPSA) is 112 Å². The second-order valence-electron chi connectivity index (χ2n) is 4.52. The van der Waals surface area contributed by atoms with Crippen molar-refractivity contribution in [2.75, 3.05) is 20.3 Å². The molecule has 1 aromatic rings. The van der Waals surface area contributed by atoms with Crippen LogP contribution >= 0.6 is 11.6 Å². The molecule has 0 aromatic carbocycles. The highest BCUT2D eigenvalue weighted by atomic mass is 35.5. The van der Waals surface area contributed by atoms with Crippen LogP contribution in [0.2, 0.25) is 0 Å². The highest BCUT2D eigenvalue weighted by molar-refractivity contribution is 6.65. The molecule has 1 aromatic heterocycles. The fourth-order valence-corrected chi connectivity index (χ4v) is 2.12. The maximum Gasteiger partial charge on any atom is 0.198 e. The quantitative estimate of drug-likeness (QED) is 0.313. The van der Waals surface area contributed by atoms with Crippen molar-refractivity contribution in [3.05, 3.63) is 35.4 Å². The predicted octanol–water partition coefficient (Wildman–Crippen LogP) is 0.574. The van der Waals surface area contributed by atoms with Crippen molar-refractivity contribution < 1.29 is 14.6 Å². The van der Waals surface area contributed by atoms with Gasteiger partial charge in [0, 0.05) is 19.9 Å². The Kier molecular flexibility index (Phi) is 6.33. The van der Waals surface area contributed by atoms with Crippen molar-refractivity contribution >= 4 is 23.1 Å². The van der Waals surface area contributed by atoms with Crippen LogP contribution in [0.25, 0.3) is 0 Å². The van der Waals surface area contributed by atoms with Crippen molar-refractivity contribution in [1.82, 2.24) is 15.6 Å². The summed E-state index contributed by atoms with van der Waals surface area (Å²) in [4.78, 5) is 8.05. The van der Waals surface area contributed by atoms with Crippen molar-refractivity contribution in [1.29, 1.82) is 5.41 Å². The maximum absolute atomic E-state index is 8.93. The number of hydrogen-bond acceptors (Lipinski definition) is 8. The highest BCUT2D eigenvalue weighted by Crippen LogP contribution is 2.14. The smallest absolute Gasteiger partial charge is 0.198 e. The number of methoxy groups -OCH3 is 1. The van der Waals surface area contributed by atoms with E-state index in [0.717, 1.165) is 6.21 Å². The first-order valence-electron chi connectivity index (χ1n) is 6.88. The van der Waals surface area contributed by atoms with Crippen molar-refractivity contribution in [3.63, 3.8) is 0 Å². The van der Waals surface area contributed by atoms with Gasteiger partial charge in [-0.15, -0.1) is 0 Å². The Balaban J connectivity index is 1.89. The number of amidine groups is 1. The molecule has 1 aliphatic rings. The SMILES string of the molecule is COC1NC(Cl)=NC(C=N)=C1NCCOc1ccc(CO)nc1. The Morgan fingerprint density at radius 1 is 1.52 bits per heavy atom. The van der Waals surface area contributed by atoms with E-state index in [2.05, 4.69) is 20.6 Å². The number of aromatic nitrogens is 1. The lowest BCUT2D eigenvalue weighted by Crippen LogP contribution is -2.44. The van der Waals surface area contributed by atoms with Crippen LogP contribution < -0.4 is 15.4 Å². The third-order valence-corrected chi connectivity index (χ3v) is 3.22. The minimum absolute atomic E-state index is 0.100. The summed E-state index contributed by atoms with van der Waals surface area (Å²) in [6.45, 7) is 0.753. The normalized spacial score (nSPS) is 17.3. The fourth-order valence-electron chi connectivity index (χ4n) is 1.93. The molecule has 0 saturated carbocycles. The molecule has 23 heavy (non-hydrogen) atoms. The lowest BCUT2D eigenvalue weighted by Gasteiger charge is -2.26. The van der Waals surface area contributed by atoms with Crippen LogP contribution in [0.1, 0.15) is 5.69 Å². The number of hydrogen-bond donors (Lipinski definition) is 4. The summed E-state index contributed by atoms with van der Waals surface area (Å²) in [5.74, 6) is 0.608. The van der Waals surface area contributed by atoms with E-state index in [1.165, 1.54) is 7.11 Å². The molecule has 2 rings (SSSR count). The molecule has 124 valence electrons. The molecular formula is C14H18ClN5O3. The van der Waals surface area contributed by atoms with E-state index in [1.807, 2.05) is 0 Å². The largest absolute Gasteiger partial charge is 0.490 e. The van der Waals surface area contributed by atoms with Gasteiger partial charge in [0.25, 0.3) is 0 Å². The van der Waals surface area contributed by atoms with Gasteiger partial charge in [-0.1, -0.05) is 0 Å². The van der Waals surface area contributed by atoms with Gasteiger partial charge in [0.15, 0.2) is 11.5 Å². The van der Waals surface area contributed by atoms with Gasteiger partial charge < -0.3 is 30.6 Å². The first kappa shape index (κ1) is 17.2. The van der Waals surface area contributed by atoms with Gasteiger partial charge in [-0.2, -0.15) is 0 Å². The summed E-state index contributed by atoms with van der Waals surface area (Å²) in [6, 6.07) is 3.44. The Morgan fingerprint density at radius 3 is 2.96 bits per heavy atom. The summed E-state index contributed by atoms with van der Waals surface area (Å²) >= 11 is 5.84. The van der Waals surface area contributed by atoms with E-state index in [1.54, 1.807) is 18.3 Å². The van der Waals surface area contributed by atoms with Crippen LogP contribution in [0.5, 0.6) is 5.75 Å². The van der Waals surface area contributed by atoms with Crippen LogP contribution in [-0.2, 0) is 11.3 Å². The lowest BCUT2D eigenvalue weighted by atomic mass is 10.2. The average molecular weight is 340 g/mol. The van der Waals surface area contributed by atoms with Gasteiger partial charge in [0.2, 0.25) is 0 Å².